The summed E-state index contributed by atoms with van der Waals surface area (Å²) in [5.41, 5.74) is -1.19. The molecular formula is C8H6ClF3N2O2S. The topological polar surface area (TPSA) is 42.4 Å². The highest BCUT2D eigenvalue weighted by Gasteiger charge is 2.36. The zero-order chi connectivity index (χ0) is 12.6. The van der Waals surface area contributed by atoms with Gasteiger partial charge >= 0.3 is 6.18 Å². The van der Waals surface area contributed by atoms with E-state index in [0.29, 0.717) is 0 Å². The van der Waals surface area contributed by atoms with Gasteiger partial charge in [-0.2, -0.15) is 13.2 Å². The summed E-state index contributed by atoms with van der Waals surface area (Å²) < 4.78 is 54.8. The van der Waals surface area contributed by atoms with Gasteiger partial charge in [0.2, 0.25) is 0 Å². The van der Waals surface area contributed by atoms with Crippen molar-refractivity contribution in [3.05, 3.63) is 22.8 Å². The van der Waals surface area contributed by atoms with E-state index in [1.165, 1.54) is 6.07 Å². The molecule has 94 valence electrons. The van der Waals surface area contributed by atoms with Crippen LogP contribution in [0.2, 0.25) is 5.02 Å². The number of nitrogens with zero attached hydrogens (tertiary/aromatic N) is 2. The van der Waals surface area contributed by atoms with Crippen molar-refractivity contribution in [1.29, 1.82) is 0 Å². The van der Waals surface area contributed by atoms with Crippen molar-refractivity contribution in [2.24, 2.45) is 0 Å². The van der Waals surface area contributed by atoms with E-state index >= 15 is 0 Å². The van der Waals surface area contributed by atoms with Crippen LogP contribution >= 0.6 is 11.6 Å². The number of anilines is 1. The average Bonchev–Trinajstić information content (AvgIpc) is 2.63. The van der Waals surface area contributed by atoms with E-state index in [4.69, 9.17) is 15.8 Å². The van der Waals surface area contributed by atoms with Crippen LogP contribution in [0.1, 0.15) is 5.69 Å². The molecule has 0 bridgehead atoms. The summed E-state index contributed by atoms with van der Waals surface area (Å²) in [4.78, 5) is 3.37. The molecule has 1 aromatic heterocycles. The zero-order valence-electron chi connectivity index (χ0n) is 8.20. The van der Waals surface area contributed by atoms with Gasteiger partial charge in [-0.05, 0) is 12.1 Å². The highest BCUT2D eigenvalue weighted by molar-refractivity contribution is 7.81. The molecule has 4 nitrogen and oxygen atoms in total. The van der Waals surface area contributed by atoms with Gasteiger partial charge in [0.25, 0.3) is 11.3 Å². The van der Waals surface area contributed by atoms with Crippen LogP contribution in [0, 0.1) is 0 Å². The number of alkyl halides is 3. The number of halogens is 4. The van der Waals surface area contributed by atoms with Gasteiger partial charge in [0, 0.05) is 0 Å². The average molecular weight is 287 g/mol. The molecule has 1 aliphatic rings. The third kappa shape index (κ3) is 2.53. The van der Waals surface area contributed by atoms with Crippen LogP contribution in [0.5, 0.6) is 0 Å². The lowest BCUT2D eigenvalue weighted by molar-refractivity contribution is -0.141. The van der Waals surface area contributed by atoms with Crippen molar-refractivity contribution in [3.63, 3.8) is 0 Å². The number of hydrogen-bond donors (Lipinski definition) is 0. The minimum Gasteiger partial charge on any atom is -0.272 e. The maximum Gasteiger partial charge on any atom is 0.434 e. The molecule has 2 rings (SSSR count). The SMILES string of the molecule is O=S1OCCN1c1ccc(Cl)c(C(F)(F)F)n1. The van der Waals surface area contributed by atoms with Crippen molar-refractivity contribution in [2.45, 2.75) is 6.18 Å². The summed E-state index contributed by atoms with van der Waals surface area (Å²) in [5.74, 6) is -0.0717. The molecule has 1 atom stereocenters. The number of rotatable bonds is 1. The Morgan fingerprint density at radius 1 is 1.47 bits per heavy atom. The van der Waals surface area contributed by atoms with E-state index in [1.807, 2.05) is 0 Å². The molecule has 2 heterocycles. The molecule has 0 aromatic carbocycles. The van der Waals surface area contributed by atoms with Crippen LogP contribution < -0.4 is 4.31 Å². The quantitative estimate of drug-likeness (QED) is 0.794. The molecule has 0 spiro atoms. The van der Waals surface area contributed by atoms with E-state index < -0.39 is 28.2 Å². The zero-order valence-corrected chi connectivity index (χ0v) is 9.77. The summed E-state index contributed by atoms with van der Waals surface area (Å²) in [6.07, 6.45) is -4.64. The van der Waals surface area contributed by atoms with Gasteiger partial charge in [0.05, 0.1) is 18.2 Å². The summed E-state index contributed by atoms with van der Waals surface area (Å²) in [6.45, 7) is 0.400. The molecule has 1 saturated heterocycles. The van der Waals surface area contributed by atoms with E-state index in [-0.39, 0.29) is 19.0 Å². The lowest BCUT2D eigenvalue weighted by Crippen LogP contribution is -2.22. The van der Waals surface area contributed by atoms with Gasteiger partial charge in [0.1, 0.15) is 5.82 Å². The van der Waals surface area contributed by atoms with Crippen molar-refractivity contribution in [2.75, 3.05) is 17.5 Å². The summed E-state index contributed by atoms with van der Waals surface area (Å²) in [6, 6.07) is 2.34. The standard InChI is InChI=1S/C8H6ClF3N2O2S/c9-5-1-2-6(13-7(5)8(10,11)12)14-3-4-16-17(14)15/h1-2H,3-4H2. The second kappa shape index (κ2) is 4.43. The van der Waals surface area contributed by atoms with Gasteiger partial charge in [0.15, 0.2) is 5.69 Å². The fourth-order valence-electron chi connectivity index (χ4n) is 1.29. The molecule has 0 radical (unpaired) electrons. The van der Waals surface area contributed by atoms with Gasteiger partial charge < -0.3 is 0 Å². The Kier molecular flexibility index (Phi) is 3.28. The number of hydrogen-bond acceptors (Lipinski definition) is 3. The van der Waals surface area contributed by atoms with Gasteiger partial charge in [-0.1, -0.05) is 11.6 Å². The molecule has 0 aliphatic carbocycles. The van der Waals surface area contributed by atoms with Crippen LogP contribution in [-0.4, -0.2) is 22.3 Å². The monoisotopic (exact) mass is 286 g/mol. The maximum absolute atomic E-state index is 12.5. The minimum atomic E-state index is -4.64. The molecule has 1 unspecified atom stereocenters. The smallest absolute Gasteiger partial charge is 0.272 e. The fraction of sp³-hybridized carbons (Fsp3) is 0.375. The Labute approximate surface area is 102 Å². The second-order valence-corrected chi connectivity index (χ2v) is 4.66. The van der Waals surface area contributed by atoms with Crippen LogP contribution in [-0.2, 0) is 21.6 Å². The molecule has 1 fully saturated rings. The second-order valence-electron chi connectivity index (χ2n) is 3.14. The normalized spacial score (nSPS) is 20.9. The number of aromatic nitrogens is 1. The Bertz CT molecular complexity index is 469. The van der Waals surface area contributed by atoms with Gasteiger partial charge in [-0.3, -0.25) is 8.49 Å². The molecule has 1 aliphatic heterocycles. The van der Waals surface area contributed by atoms with E-state index in [0.717, 1.165) is 10.4 Å². The maximum atomic E-state index is 12.5. The number of pyridine rings is 1. The van der Waals surface area contributed by atoms with Crippen molar-refractivity contribution < 1.29 is 21.6 Å². The first-order valence-corrected chi connectivity index (χ1v) is 5.87. The van der Waals surface area contributed by atoms with Crippen LogP contribution in [0.3, 0.4) is 0 Å². The summed E-state index contributed by atoms with van der Waals surface area (Å²) >= 11 is 3.62. The van der Waals surface area contributed by atoms with Crippen LogP contribution in [0.25, 0.3) is 0 Å². The molecular weight excluding hydrogens is 281 g/mol. The third-order valence-corrected chi connectivity index (χ3v) is 3.42. The predicted octanol–water partition coefficient (Wildman–Crippen LogP) is 2.17. The predicted molar refractivity (Wildman–Crippen MR) is 55.7 cm³/mol. The molecule has 0 N–H and O–H groups in total. The lowest BCUT2D eigenvalue weighted by atomic mass is 10.3. The first-order valence-electron chi connectivity index (χ1n) is 4.46. The molecule has 9 heteroatoms. The first-order chi connectivity index (χ1) is 7.89. The Morgan fingerprint density at radius 2 is 2.18 bits per heavy atom. The first kappa shape index (κ1) is 12.6. The van der Waals surface area contributed by atoms with Crippen molar-refractivity contribution in [1.82, 2.24) is 4.98 Å². The van der Waals surface area contributed by atoms with Crippen LogP contribution in [0.15, 0.2) is 12.1 Å². The van der Waals surface area contributed by atoms with Gasteiger partial charge in [-0.25, -0.2) is 9.19 Å². The van der Waals surface area contributed by atoms with E-state index in [2.05, 4.69) is 4.98 Å². The Balaban J connectivity index is 2.41. The largest absolute Gasteiger partial charge is 0.434 e. The highest BCUT2D eigenvalue weighted by Crippen LogP contribution is 2.34. The van der Waals surface area contributed by atoms with Crippen molar-refractivity contribution >= 4 is 28.7 Å². The summed E-state index contributed by atoms with van der Waals surface area (Å²) in [5, 5.41) is -0.493. The fourth-order valence-corrected chi connectivity index (χ4v) is 2.32. The van der Waals surface area contributed by atoms with E-state index in [1.54, 1.807) is 0 Å². The molecule has 0 amide bonds. The van der Waals surface area contributed by atoms with E-state index in [9.17, 15) is 17.4 Å². The van der Waals surface area contributed by atoms with Crippen LogP contribution in [0.4, 0.5) is 19.0 Å². The lowest BCUT2D eigenvalue weighted by Gasteiger charge is -2.15. The van der Waals surface area contributed by atoms with Crippen molar-refractivity contribution in [3.8, 4) is 0 Å². The molecule has 17 heavy (non-hydrogen) atoms. The third-order valence-electron chi connectivity index (χ3n) is 2.01. The molecule has 1 aromatic rings. The molecule has 0 saturated carbocycles. The minimum absolute atomic E-state index is 0.0717. The Hall–Kier alpha value is -0.860. The summed E-state index contributed by atoms with van der Waals surface area (Å²) in [7, 11) is 0. The highest BCUT2D eigenvalue weighted by atomic mass is 35.5. The Morgan fingerprint density at radius 3 is 2.71 bits per heavy atom. The van der Waals surface area contributed by atoms with Gasteiger partial charge in [-0.15, -0.1) is 0 Å².